The molecule has 1 fully saturated rings. The molecule has 3 nitrogen and oxygen atoms in total. The standard InChI is InChI=1S/C13H20N2O/c1-15(2)8-12-5-3-4-11(6-12)7-13(16)9-14-10-13/h3-6,14,16H,7-10H2,1-2H3. The van der Waals surface area contributed by atoms with Crippen LogP contribution in [-0.2, 0) is 13.0 Å². The van der Waals surface area contributed by atoms with Crippen molar-refractivity contribution in [3.05, 3.63) is 35.4 Å². The fourth-order valence-corrected chi connectivity index (χ4v) is 2.12. The van der Waals surface area contributed by atoms with Crippen molar-refractivity contribution in [1.82, 2.24) is 10.2 Å². The summed E-state index contributed by atoms with van der Waals surface area (Å²) in [5.41, 5.74) is 2.01. The van der Waals surface area contributed by atoms with Crippen molar-refractivity contribution in [3.63, 3.8) is 0 Å². The molecule has 2 rings (SSSR count). The van der Waals surface area contributed by atoms with E-state index in [1.807, 2.05) is 0 Å². The summed E-state index contributed by atoms with van der Waals surface area (Å²) in [6.45, 7) is 2.38. The molecule has 16 heavy (non-hydrogen) atoms. The number of nitrogens with one attached hydrogen (secondary N) is 1. The molecule has 0 aromatic heterocycles. The van der Waals surface area contributed by atoms with Crippen LogP contribution in [0, 0.1) is 0 Å². The highest BCUT2D eigenvalue weighted by molar-refractivity contribution is 5.25. The van der Waals surface area contributed by atoms with E-state index in [0.29, 0.717) is 13.1 Å². The Morgan fingerprint density at radius 2 is 2.00 bits per heavy atom. The summed E-state index contributed by atoms with van der Waals surface area (Å²) in [4.78, 5) is 2.15. The van der Waals surface area contributed by atoms with E-state index in [1.165, 1.54) is 11.1 Å². The van der Waals surface area contributed by atoms with Crippen molar-refractivity contribution in [2.45, 2.75) is 18.6 Å². The Hall–Kier alpha value is -0.900. The zero-order valence-electron chi connectivity index (χ0n) is 10.0. The van der Waals surface area contributed by atoms with E-state index < -0.39 is 5.60 Å². The predicted octanol–water partition coefficient (Wildman–Crippen LogP) is 0.625. The first kappa shape index (κ1) is 11.6. The zero-order valence-corrected chi connectivity index (χ0v) is 10.0. The molecule has 88 valence electrons. The summed E-state index contributed by atoms with van der Waals surface area (Å²) in [5.74, 6) is 0. The molecule has 1 heterocycles. The van der Waals surface area contributed by atoms with Crippen LogP contribution >= 0.6 is 0 Å². The maximum absolute atomic E-state index is 10.1. The minimum Gasteiger partial charge on any atom is -0.387 e. The van der Waals surface area contributed by atoms with Gasteiger partial charge in [0.15, 0.2) is 0 Å². The van der Waals surface area contributed by atoms with Crippen LogP contribution in [0.4, 0.5) is 0 Å². The molecule has 0 bridgehead atoms. The molecule has 1 aliphatic heterocycles. The van der Waals surface area contributed by atoms with Crippen molar-refractivity contribution in [1.29, 1.82) is 0 Å². The Balaban J connectivity index is 2.04. The molecule has 0 unspecified atom stereocenters. The third-order valence-electron chi connectivity index (χ3n) is 2.93. The average Bonchev–Trinajstić information content (AvgIpc) is 2.14. The minimum atomic E-state index is -0.517. The molecule has 1 aromatic carbocycles. The SMILES string of the molecule is CN(C)Cc1cccc(CC2(O)CNC2)c1. The quantitative estimate of drug-likeness (QED) is 0.781. The van der Waals surface area contributed by atoms with Crippen LogP contribution in [0.1, 0.15) is 11.1 Å². The van der Waals surface area contributed by atoms with E-state index in [9.17, 15) is 5.11 Å². The Bertz CT molecular complexity index is 359. The summed E-state index contributed by atoms with van der Waals surface area (Å²) in [6, 6.07) is 8.49. The van der Waals surface area contributed by atoms with Gasteiger partial charge in [0.25, 0.3) is 0 Å². The van der Waals surface area contributed by atoms with Gasteiger partial charge in [0, 0.05) is 26.1 Å². The second-order valence-corrected chi connectivity index (χ2v) is 5.06. The number of nitrogens with zero attached hydrogens (tertiary/aromatic N) is 1. The number of hydrogen-bond donors (Lipinski definition) is 2. The van der Waals surface area contributed by atoms with E-state index >= 15 is 0 Å². The molecule has 0 radical (unpaired) electrons. The lowest BCUT2D eigenvalue weighted by molar-refractivity contribution is -0.00903. The summed E-state index contributed by atoms with van der Waals surface area (Å²) in [7, 11) is 4.13. The lowest BCUT2D eigenvalue weighted by atomic mass is 9.89. The van der Waals surface area contributed by atoms with Gasteiger partial charge in [-0.25, -0.2) is 0 Å². The topological polar surface area (TPSA) is 35.5 Å². The zero-order chi connectivity index (χ0) is 11.6. The van der Waals surface area contributed by atoms with E-state index in [2.05, 4.69) is 48.6 Å². The van der Waals surface area contributed by atoms with Crippen LogP contribution in [0.3, 0.4) is 0 Å². The highest BCUT2D eigenvalue weighted by Crippen LogP contribution is 2.18. The maximum atomic E-state index is 10.1. The first-order chi connectivity index (χ1) is 7.57. The van der Waals surface area contributed by atoms with Gasteiger partial charge in [-0.1, -0.05) is 24.3 Å². The van der Waals surface area contributed by atoms with Crippen LogP contribution in [0.5, 0.6) is 0 Å². The molecule has 2 N–H and O–H groups in total. The van der Waals surface area contributed by atoms with Crippen molar-refractivity contribution in [2.24, 2.45) is 0 Å². The molecule has 0 amide bonds. The van der Waals surface area contributed by atoms with Crippen molar-refractivity contribution in [2.75, 3.05) is 27.2 Å². The predicted molar refractivity (Wildman–Crippen MR) is 65.4 cm³/mol. The maximum Gasteiger partial charge on any atom is 0.0935 e. The Morgan fingerprint density at radius 1 is 1.31 bits per heavy atom. The van der Waals surface area contributed by atoms with Gasteiger partial charge in [0.2, 0.25) is 0 Å². The summed E-state index contributed by atoms with van der Waals surface area (Å²) < 4.78 is 0. The second kappa shape index (κ2) is 4.53. The Kier molecular flexibility index (Phi) is 3.28. The average molecular weight is 220 g/mol. The van der Waals surface area contributed by atoms with Crippen molar-refractivity contribution >= 4 is 0 Å². The summed E-state index contributed by atoms with van der Waals surface area (Å²) >= 11 is 0. The van der Waals surface area contributed by atoms with Gasteiger partial charge in [0.05, 0.1) is 5.60 Å². The smallest absolute Gasteiger partial charge is 0.0935 e. The van der Waals surface area contributed by atoms with Crippen LogP contribution in [-0.4, -0.2) is 42.8 Å². The van der Waals surface area contributed by atoms with Gasteiger partial charge in [0.1, 0.15) is 0 Å². The monoisotopic (exact) mass is 220 g/mol. The minimum absolute atomic E-state index is 0.517. The first-order valence-electron chi connectivity index (χ1n) is 5.73. The molecule has 1 saturated heterocycles. The fraction of sp³-hybridized carbons (Fsp3) is 0.538. The molecule has 1 aromatic rings. The van der Waals surface area contributed by atoms with Gasteiger partial charge >= 0.3 is 0 Å². The number of aliphatic hydroxyl groups is 1. The Labute approximate surface area is 97.1 Å². The molecule has 0 atom stereocenters. The van der Waals surface area contributed by atoms with Crippen LogP contribution in [0.2, 0.25) is 0 Å². The normalized spacial score (nSPS) is 18.5. The van der Waals surface area contributed by atoms with Gasteiger partial charge in [-0.3, -0.25) is 0 Å². The highest BCUT2D eigenvalue weighted by atomic mass is 16.3. The summed E-state index contributed by atoms with van der Waals surface area (Å²) in [6.07, 6.45) is 0.751. The van der Waals surface area contributed by atoms with Crippen LogP contribution in [0.15, 0.2) is 24.3 Å². The third kappa shape index (κ3) is 2.82. The molecular weight excluding hydrogens is 200 g/mol. The first-order valence-corrected chi connectivity index (χ1v) is 5.73. The third-order valence-corrected chi connectivity index (χ3v) is 2.93. The largest absolute Gasteiger partial charge is 0.387 e. The summed E-state index contributed by atoms with van der Waals surface area (Å²) in [5, 5.41) is 13.2. The number of hydrogen-bond acceptors (Lipinski definition) is 3. The molecule has 0 spiro atoms. The fourth-order valence-electron chi connectivity index (χ4n) is 2.12. The van der Waals surface area contributed by atoms with Crippen LogP contribution < -0.4 is 5.32 Å². The number of rotatable bonds is 4. The van der Waals surface area contributed by atoms with Crippen molar-refractivity contribution < 1.29 is 5.11 Å². The Morgan fingerprint density at radius 3 is 2.56 bits per heavy atom. The van der Waals surface area contributed by atoms with Gasteiger partial charge in [-0.2, -0.15) is 0 Å². The molecular formula is C13H20N2O. The van der Waals surface area contributed by atoms with Gasteiger partial charge in [-0.15, -0.1) is 0 Å². The molecule has 0 saturated carbocycles. The second-order valence-electron chi connectivity index (χ2n) is 5.06. The molecule has 1 aliphatic rings. The van der Waals surface area contributed by atoms with Crippen molar-refractivity contribution in [3.8, 4) is 0 Å². The molecule has 3 heteroatoms. The van der Waals surface area contributed by atoms with E-state index in [1.54, 1.807) is 0 Å². The van der Waals surface area contributed by atoms with Crippen LogP contribution in [0.25, 0.3) is 0 Å². The van der Waals surface area contributed by atoms with E-state index in [4.69, 9.17) is 0 Å². The molecule has 0 aliphatic carbocycles. The van der Waals surface area contributed by atoms with E-state index in [0.717, 1.165) is 13.0 Å². The van der Waals surface area contributed by atoms with Gasteiger partial charge < -0.3 is 15.3 Å². The number of β-amino-alcohol motifs (C(OH)–C–C–N with tert-alkyl or cyclic N) is 1. The number of benzene rings is 1. The van der Waals surface area contributed by atoms with E-state index in [-0.39, 0.29) is 0 Å². The highest BCUT2D eigenvalue weighted by Gasteiger charge is 2.34. The lowest BCUT2D eigenvalue weighted by Crippen LogP contribution is -2.60. The lowest BCUT2D eigenvalue weighted by Gasteiger charge is -2.37. The van der Waals surface area contributed by atoms with Gasteiger partial charge in [-0.05, 0) is 25.2 Å².